The summed E-state index contributed by atoms with van der Waals surface area (Å²) in [6.45, 7) is 3.90. The van der Waals surface area contributed by atoms with Crippen molar-refractivity contribution in [1.29, 1.82) is 0 Å². The van der Waals surface area contributed by atoms with E-state index in [9.17, 15) is 9.59 Å². The molecule has 0 atom stereocenters. The minimum absolute atomic E-state index is 0.164. The van der Waals surface area contributed by atoms with Gasteiger partial charge in [0.1, 0.15) is 0 Å². The van der Waals surface area contributed by atoms with Crippen LogP contribution in [0.2, 0.25) is 0 Å². The van der Waals surface area contributed by atoms with Gasteiger partial charge in [0.15, 0.2) is 0 Å². The maximum absolute atomic E-state index is 12.8. The molecular weight excluding hydrogens is 328 g/mol. The lowest BCUT2D eigenvalue weighted by atomic mass is 10.00. The van der Waals surface area contributed by atoms with Crippen LogP contribution >= 0.6 is 0 Å². The van der Waals surface area contributed by atoms with Crippen LogP contribution in [0.4, 0.5) is 11.4 Å². The van der Waals surface area contributed by atoms with Crippen LogP contribution in [0.5, 0.6) is 0 Å². The van der Waals surface area contributed by atoms with E-state index in [1.54, 1.807) is 18.9 Å². The monoisotopic (exact) mass is 348 g/mol. The lowest BCUT2D eigenvalue weighted by Crippen LogP contribution is -2.22. The number of rotatable bonds is 4. The number of amides is 1. The van der Waals surface area contributed by atoms with Gasteiger partial charge in [-0.15, -0.1) is 0 Å². The molecule has 0 saturated heterocycles. The molecule has 0 N–H and O–H groups in total. The second-order valence-electron chi connectivity index (χ2n) is 5.99. The number of likely N-dealkylation sites (N-methyl/N-ethyl adjacent to an activating group) is 1. The first-order valence-electron chi connectivity index (χ1n) is 8.42. The van der Waals surface area contributed by atoms with Crippen molar-refractivity contribution in [2.45, 2.75) is 13.8 Å². The van der Waals surface area contributed by atoms with E-state index in [1.807, 2.05) is 55.5 Å². The fourth-order valence-corrected chi connectivity index (χ4v) is 2.88. The lowest BCUT2D eigenvalue weighted by molar-refractivity contribution is -0.137. The van der Waals surface area contributed by atoms with Crippen molar-refractivity contribution in [2.75, 3.05) is 18.6 Å². The summed E-state index contributed by atoms with van der Waals surface area (Å²) in [4.78, 5) is 31.3. The van der Waals surface area contributed by atoms with Gasteiger partial charge in [-0.25, -0.2) is 4.79 Å². The third kappa shape index (κ3) is 3.28. The summed E-state index contributed by atoms with van der Waals surface area (Å²) in [5.41, 5.74) is 3.68. The molecule has 0 saturated carbocycles. The summed E-state index contributed by atoms with van der Waals surface area (Å²) >= 11 is 0. The van der Waals surface area contributed by atoms with Crippen LogP contribution in [0.1, 0.15) is 18.1 Å². The van der Waals surface area contributed by atoms with Crippen LogP contribution in [-0.4, -0.2) is 31.7 Å². The van der Waals surface area contributed by atoms with Gasteiger partial charge in [0.25, 0.3) is 5.91 Å². The number of ether oxygens (including phenoxy) is 1. The highest BCUT2D eigenvalue weighted by molar-refractivity contribution is 6.39. The average molecular weight is 348 g/mol. The second kappa shape index (κ2) is 7.35. The molecule has 0 bridgehead atoms. The molecule has 5 heteroatoms. The summed E-state index contributed by atoms with van der Waals surface area (Å²) in [5, 5.41) is 0. The van der Waals surface area contributed by atoms with Crippen molar-refractivity contribution >= 4 is 35.0 Å². The van der Waals surface area contributed by atoms with Gasteiger partial charge in [0.2, 0.25) is 0 Å². The molecule has 0 aromatic heterocycles. The van der Waals surface area contributed by atoms with Crippen molar-refractivity contribution in [2.24, 2.45) is 4.99 Å². The Morgan fingerprint density at radius 2 is 1.92 bits per heavy atom. The fourth-order valence-electron chi connectivity index (χ4n) is 2.88. The van der Waals surface area contributed by atoms with E-state index in [1.165, 1.54) is 6.21 Å². The minimum atomic E-state index is -0.557. The van der Waals surface area contributed by atoms with Crippen molar-refractivity contribution < 1.29 is 14.3 Å². The number of carbonyl (C=O) groups is 2. The van der Waals surface area contributed by atoms with E-state index >= 15 is 0 Å². The average Bonchev–Trinajstić information content (AvgIpc) is 2.87. The predicted octanol–water partition coefficient (Wildman–Crippen LogP) is 3.69. The standard InChI is InChI=1S/C21H20N2O3/c1-4-26-21(25)17(13-22-15-8-6-5-7-9-15)19-16-12-14(2)10-11-18(16)23(3)20(19)24/h5-13H,4H2,1-3H3/b19-17+,22-13?. The van der Waals surface area contributed by atoms with E-state index < -0.39 is 5.97 Å². The van der Waals surface area contributed by atoms with E-state index in [2.05, 4.69) is 4.99 Å². The van der Waals surface area contributed by atoms with Gasteiger partial charge in [-0.05, 0) is 38.1 Å². The number of aryl methyl sites for hydroxylation is 1. The van der Waals surface area contributed by atoms with Crippen LogP contribution in [0.3, 0.4) is 0 Å². The third-order valence-electron chi connectivity index (χ3n) is 4.16. The number of carbonyl (C=O) groups excluding carboxylic acids is 2. The summed E-state index contributed by atoms with van der Waals surface area (Å²) in [7, 11) is 1.70. The van der Waals surface area contributed by atoms with Gasteiger partial charge in [0.05, 0.1) is 29.1 Å². The molecule has 26 heavy (non-hydrogen) atoms. The fraction of sp³-hybridized carbons (Fsp3) is 0.190. The highest BCUT2D eigenvalue weighted by Gasteiger charge is 2.34. The van der Waals surface area contributed by atoms with Crippen LogP contribution in [0.25, 0.3) is 5.57 Å². The first kappa shape index (κ1) is 17.6. The Bertz CT molecular complexity index is 914. The SMILES string of the molecule is CCOC(=O)/C(C=Nc1ccccc1)=C1/C(=O)N(C)c2ccc(C)cc21. The number of fused-ring (bicyclic) bond motifs is 1. The van der Waals surface area contributed by atoms with E-state index in [-0.39, 0.29) is 18.1 Å². The largest absolute Gasteiger partial charge is 0.462 e. The Morgan fingerprint density at radius 1 is 1.19 bits per heavy atom. The molecule has 1 aliphatic heterocycles. The Hall–Kier alpha value is -3.21. The van der Waals surface area contributed by atoms with Gasteiger partial charge >= 0.3 is 5.97 Å². The topological polar surface area (TPSA) is 59.0 Å². The summed E-state index contributed by atoms with van der Waals surface area (Å²) in [6, 6.07) is 15.0. The Morgan fingerprint density at radius 3 is 2.62 bits per heavy atom. The van der Waals surface area contributed by atoms with Crippen LogP contribution < -0.4 is 4.90 Å². The van der Waals surface area contributed by atoms with Crippen molar-refractivity contribution in [3.05, 3.63) is 65.2 Å². The third-order valence-corrected chi connectivity index (χ3v) is 4.16. The normalized spacial score (nSPS) is 15.3. The molecule has 3 rings (SSSR count). The Balaban J connectivity index is 2.17. The van der Waals surface area contributed by atoms with Crippen LogP contribution in [0, 0.1) is 6.92 Å². The Kier molecular flexibility index (Phi) is 4.98. The van der Waals surface area contributed by atoms with Gasteiger partial charge < -0.3 is 9.64 Å². The van der Waals surface area contributed by atoms with Crippen molar-refractivity contribution in [1.82, 2.24) is 0 Å². The molecule has 0 radical (unpaired) electrons. The summed E-state index contributed by atoms with van der Waals surface area (Å²) < 4.78 is 5.17. The number of anilines is 1. The van der Waals surface area contributed by atoms with Crippen molar-refractivity contribution in [3.8, 4) is 0 Å². The minimum Gasteiger partial charge on any atom is -0.462 e. The quantitative estimate of drug-likeness (QED) is 0.481. The first-order chi connectivity index (χ1) is 12.5. The molecule has 0 aliphatic carbocycles. The van der Waals surface area contributed by atoms with E-state index in [0.717, 1.165) is 16.8 Å². The smallest absolute Gasteiger partial charge is 0.340 e. The van der Waals surface area contributed by atoms with Gasteiger partial charge in [-0.1, -0.05) is 29.8 Å². The number of aliphatic imine (C=N–C) groups is 1. The number of benzene rings is 2. The molecule has 2 aromatic rings. The zero-order valence-electron chi connectivity index (χ0n) is 15.0. The highest BCUT2D eigenvalue weighted by Crippen LogP contribution is 2.38. The van der Waals surface area contributed by atoms with Crippen molar-refractivity contribution in [3.63, 3.8) is 0 Å². The lowest BCUT2D eigenvalue weighted by Gasteiger charge is -2.09. The molecule has 0 fully saturated rings. The highest BCUT2D eigenvalue weighted by atomic mass is 16.5. The van der Waals surface area contributed by atoms with Crippen LogP contribution in [0.15, 0.2) is 59.1 Å². The zero-order valence-corrected chi connectivity index (χ0v) is 15.0. The summed E-state index contributed by atoms with van der Waals surface area (Å²) in [6.07, 6.45) is 1.42. The molecule has 0 unspecified atom stereocenters. The number of nitrogens with zero attached hydrogens (tertiary/aromatic N) is 2. The maximum Gasteiger partial charge on any atom is 0.340 e. The number of hydrogen-bond acceptors (Lipinski definition) is 4. The number of esters is 1. The zero-order chi connectivity index (χ0) is 18.7. The van der Waals surface area contributed by atoms with Gasteiger partial charge in [0, 0.05) is 18.8 Å². The van der Waals surface area contributed by atoms with E-state index in [0.29, 0.717) is 11.3 Å². The number of para-hydroxylation sites is 1. The van der Waals surface area contributed by atoms with E-state index in [4.69, 9.17) is 4.74 Å². The molecule has 0 spiro atoms. The number of hydrogen-bond donors (Lipinski definition) is 0. The molecule has 1 aliphatic rings. The molecule has 1 heterocycles. The predicted molar refractivity (Wildman–Crippen MR) is 103 cm³/mol. The maximum atomic E-state index is 12.8. The van der Waals surface area contributed by atoms with Gasteiger partial charge in [-0.3, -0.25) is 9.79 Å². The molecular formula is C21H20N2O3. The molecule has 2 aromatic carbocycles. The second-order valence-corrected chi connectivity index (χ2v) is 5.99. The Labute approximate surface area is 152 Å². The molecule has 1 amide bonds. The summed E-state index contributed by atoms with van der Waals surface area (Å²) in [5.74, 6) is -0.800. The molecule has 5 nitrogen and oxygen atoms in total. The first-order valence-corrected chi connectivity index (χ1v) is 8.42. The molecule has 132 valence electrons. The van der Waals surface area contributed by atoms with Gasteiger partial charge in [-0.2, -0.15) is 0 Å². The van der Waals surface area contributed by atoms with Crippen LogP contribution in [-0.2, 0) is 14.3 Å².